The van der Waals surface area contributed by atoms with E-state index in [4.69, 9.17) is 0 Å². The van der Waals surface area contributed by atoms with Gasteiger partial charge in [-0.1, -0.05) is 30.3 Å². The summed E-state index contributed by atoms with van der Waals surface area (Å²) in [5, 5.41) is 9.31. The van der Waals surface area contributed by atoms with Gasteiger partial charge >= 0.3 is 0 Å². The van der Waals surface area contributed by atoms with E-state index in [9.17, 15) is 5.11 Å². The van der Waals surface area contributed by atoms with Crippen molar-refractivity contribution in [3.63, 3.8) is 0 Å². The van der Waals surface area contributed by atoms with Gasteiger partial charge in [0.05, 0.1) is 14.1 Å². The van der Waals surface area contributed by atoms with Crippen molar-refractivity contribution >= 4 is 5.69 Å². The van der Waals surface area contributed by atoms with Crippen molar-refractivity contribution in [2.75, 3.05) is 14.1 Å². The highest BCUT2D eigenvalue weighted by Crippen LogP contribution is 2.24. The molecule has 96 valence electrons. The number of rotatable bonds is 3. The van der Waals surface area contributed by atoms with Crippen LogP contribution in [0.25, 0.3) is 0 Å². The molecule has 1 N–H and O–H groups in total. The quantitative estimate of drug-likeness (QED) is 0.801. The molecule has 0 atom stereocenters. The molecule has 2 rings (SSSR count). The van der Waals surface area contributed by atoms with E-state index in [1.54, 1.807) is 12.1 Å². The summed E-state index contributed by atoms with van der Waals surface area (Å²) in [5.74, 6) is 0.313. The summed E-state index contributed by atoms with van der Waals surface area (Å²) in [5.41, 5.74) is 2.50. The van der Waals surface area contributed by atoms with Crippen molar-refractivity contribution in [3.8, 4) is 5.75 Å². The lowest BCUT2D eigenvalue weighted by atomic mass is 10.1. The lowest BCUT2D eigenvalue weighted by Gasteiger charge is -2.29. The summed E-state index contributed by atoms with van der Waals surface area (Å²) < 4.78 is 0.768. The molecular formula is C15H18BrNO. The summed E-state index contributed by atoms with van der Waals surface area (Å²) in [7, 11) is 4.33. The van der Waals surface area contributed by atoms with E-state index in [-0.39, 0.29) is 17.0 Å². The lowest BCUT2D eigenvalue weighted by molar-refractivity contribution is -0.00000477. The van der Waals surface area contributed by atoms with E-state index >= 15 is 0 Å². The van der Waals surface area contributed by atoms with Gasteiger partial charge in [0.1, 0.15) is 18.0 Å². The molecule has 0 aliphatic rings. The number of phenols is 1. The number of quaternary nitrogens is 1. The molecule has 3 heteroatoms. The van der Waals surface area contributed by atoms with Gasteiger partial charge in [0.15, 0.2) is 0 Å². The maximum Gasteiger partial charge on any atom is 0.132 e. The molecule has 0 aromatic heterocycles. The highest BCUT2D eigenvalue weighted by molar-refractivity contribution is 5.45. The Morgan fingerprint density at radius 2 is 1.44 bits per heavy atom. The average molecular weight is 308 g/mol. The van der Waals surface area contributed by atoms with Crippen LogP contribution in [0.5, 0.6) is 5.75 Å². The Hall–Kier alpha value is -1.32. The highest BCUT2D eigenvalue weighted by Gasteiger charge is 2.19. The molecule has 0 aliphatic carbocycles. The SMILES string of the molecule is C[N+](C)(Cc1ccccc1)c1ccc(O)cc1.[Br-]. The summed E-state index contributed by atoms with van der Waals surface area (Å²) >= 11 is 0. The zero-order valence-corrected chi connectivity index (χ0v) is 12.3. The molecule has 0 fully saturated rings. The fraction of sp³-hybridized carbons (Fsp3) is 0.200. The predicted octanol–water partition coefficient (Wildman–Crippen LogP) is 0.163. The second-order valence-corrected chi connectivity index (χ2v) is 4.85. The number of nitrogens with zero attached hydrogens (tertiary/aromatic N) is 1. The summed E-state index contributed by atoms with van der Waals surface area (Å²) in [4.78, 5) is 0. The summed E-state index contributed by atoms with van der Waals surface area (Å²) in [6, 6.07) is 17.8. The van der Waals surface area contributed by atoms with Crippen LogP contribution in [0.1, 0.15) is 5.56 Å². The van der Waals surface area contributed by atoms with Crippen LogP contribution in [0.3, 0.4) is 0 Å². The first-order valence-corrected chi connectivity index (χ1v) is 5.74. The number of aromatic hydroxyl groups is 1. The number of hydrogen-bond acceptors (Lipinski definition) is 1. The number of hydrogen-bond donors (Lipinski definition) is 1. The Morgan fingerprint density at radius 1 is 0.889 bits per heavy atom. The van der Waals surface area contributed by atoms with Crippen LogP contribution < -0.4 is 21.5 Å². The first-order valence-electron chi connectivity index (χ1n) is 5.74. The van der Waals surface area contributed by atoms with Crippen molar-refractivity contribution in [2.24, 2.45) is 0 Å². The standard InChI is InChI=1S/C15H17NO.BrH/c1-16(2,12-13-6-4-3-5-7-13)14-8-10-15(17)11-9-14;/h3-11H,12H2,1-2H3;1H. The molecule has 0 heterocycles. The topological polar surface area (TPSA) is 20.2 Å². The van der Waals surface area contributed by atoms with Gasteiger partial charge in [-0.2, -0.15) is 0 Å². The van der Waals surface area contributed by atoms with E-state index in [0.29, 0.717) is 5.75 Å². The van der Waals surface area contributed by atoms with Crippen molar-refractivity contribution in [3.05, 3.63) is 60.2 Å². The van der Waals surface area contributed by atoms with Crippen molar-refractivity contribution in [1.82, 2.24) is 4.48 Å². The molecule has 0 bridgehead atoms. The smallest absolute Gasteiger partial charge is 0.132 e. The molecule has 2 aromatic rings. The minimum absolute atomic E-state index is 0. The Kier molecular flexibility index (Phi) is 4.93. The molecule has 18 heavy (non-hydrogen) atoms. The molecule has 0 amide bonds. The predicted molar refractivity (Wildman–Crippen MR) is 71.9 cm³/mol. The normalized spacial score (nSPS) is 10.8. The van der Waals surface area contributed by atoms with E-state index in [0.717, 1.165) is 11.0 Å². The lowest BCUT2D eigenvalue weighted by Crippen LogP contribution is -3.00. The maximum atomic E-state index is 9.31. The fourth-order valence-corrected chi connectivity index (χ4v) is 1.99. The van der Waals surface area contributed by atoms with Crippen molar-refractivity contribution in [1.29, 1.82) is 0 Å². The van der Waals surface area contributed by atoms with Gasteiger partial charge in [0, 0.05) is 17.7 Å². The van der Waals surface area contributed by atoms with Crippen LogP contribution in [-0.2, 0) is 6.54 Å². The highest BCUT2D eigenvalue weighted by atomic mass is 79.9. The molecule has 0 saturated heterocycles. The van der Waals surface area contributed by atoms with Gasteiger partial charge in [0.25, 0.3) is 0 Å². The first-order chi connectivity index (χ1) is 8.08. The van der Waals surface area contributed by atoms with Crippen molar-refractivity contribution in [2.45, 2.75) is 6.54 Å². The minimum atomic E-state index is 0. The second-order valence-electron chi connectivity index (χ2n) is 4.85. The number of halogens is 1. The molecule has 2 nitrogen and oxygen atoms in total. The molecule has 2 aromatic carbocycles. The Bertz CT molecular complexity index is 480. The molecular weight excluding hydrogens is 290 g/mol. The molecule has 0 spiro atoms. The van der Waals surface area contributed by atoms with Crippen molar-refractivity contribution < 1.29 is 22.1 Å². The third-order valence-corrected chi connectivity index (χ3v) is 2.97. The van der Waals surface area contributed by atoms with Gasteiger partial charge < -0.3 is 22.1 Å². The van der Waals surface area contributed by atoms with Crippen LogP contribution in [0.15, 0.2) is 54.6 Å². The van der Waals surface area contributed by atoms with Crippen LogP contribution in [-0.4, -0.2) is 19.2 Å². The van der Waals surface area contributed by atoms with Crippen LogP contribution >= 0.6 is 0 Å². The zero-order valence-electron chi connectivity index (χ0n) is 10.7. The monoisotopic (exact) mass is 307 g/mol. The largest absolute Gasteiger partial charge is 1.00 e. The van der Waals surface area contributed by atoms with Gasteiger partial charge in [-0.15, -0.1) is 0 Å². The van der Waals surface area contributed by atoms with E-state index in [1.165, 1.54) is 11.3 Å². The first kappa shape index (κ1) is 14.7. The fourth-order valence-electron chi connectivity index (χ4n) is 1.99. The van der Waals surface area contributed by atoms with Crippen LogP contribution in [0, 0.1) is 0 Å². The Labute approximate surface area is 119 Å². The van der Waals surface area contributed by atoms with Crippen LogP contribution in [0.4, 0.5) is 5.69 Å². The van der Waals surface area contributed by atoms with E-state index in [2.05, 4.69) is 38.4 Å². The number of phenolic OH excluding ortho intramolecular Hbond substituents is 1. The third-order valence-electron chi connectivity index (χ3n) is 2.97. The van der Waals surface area contributed by atoms with E-state index < -0.39 is 0 Å². The van der Waals surface area contributed by atoms with Gasteiger partial charge in [0.2, 0.25) is 0 Å². The molecule has 0 saturated carbocycles. The third kappa shape index (κ3) is 3.59. The molecule has 0 unspecified atom stereocenters. The average Bonchev–Trinajstić information content (AvgIpc) is 2.30. The van der Waals surface area contributed by atoms with E-state index in [1.807, 2.05) is 18.2 Å². The van der Waals surface area contributed by atoms with Gasteiger partial charge in [-0.3, -0.25) is 4.48 Å². The number of benzene rings is 2. The van der Waals surface area contributed by atoms with Gasteiger partial charge in [-0.05, 0) is 12.1 Å². The maximum absolute atomic E-state index is 9.31. The molecule has 0 radical (unpaired) electrons. The summed E-state index contributed by atoms with van der Waals surface area (Å²) in [6.45, 7) is 0.936. The molecule has 0 aliphatic heterocycles. The zero-order chi connectivity index (χ0) is 12.3. The van der Waals surface area contributed by atoms with Gasteiger partial charge in [-0.25, -0.2) is 0 Å². The summed E-state index contributed by atoms with van der Waals surface area (Å²) in [6.07, 6.45) is 0. The second kappa shape index (κ2) is 6.03. The minimum Gasteiger partial charge on any atom is -1.00 e. The Balaban J connectivity index is 0.00000162. The van der Waals surface area contributed by atoms with Crippen LogP contribution in [0.2, 0.25) is 0 Å². The Morgan fingerprint density at radius 3 is 2.00 bits per heavy atom.